The summed E-state index contributed by atoms with van der Waals surface area (Å²) in [5.41, 5.74) is 0.965. The minimum Gasteiger partial charge on any atom is -0.497 e. The second-order valence-electron chi connectivity index (χ2n) is 6.25. The lowest BCUT2D eigenvalue weighted by Gasteiger charge is -2.19. The van der Waals surface area contributed by atoms with Crippen LogP contribution in [0.1, 0.15) is 28.8 Å². The fraction of sp³-hybridized carbons (Fsp3) is 0.316. The van der Waals surface area contributed by atoms with Gasteiger partial charge in [0.2, 0.25) is 5.91 Å². The zero-order valence-electron chi connectivity index (χ0n) is 14.6. The second-order valence-corrected chi connectivity index (χ2v) is 6.25. The van der Waals surface area contributed by atoms with E-state index in [1.807, 2.05) is 24.3 Å². The van der Waals surface area contributed by atoms with Crippen LogP contribution >= 0.6 is 0 Å². The van der Waals surface area contributed by atoms with Gasteiger partial charge in [0, 0.05) is 32.1 Å². The molecule has 2 atom stereocenters. The van der Waals surface area contributed by atoms with Crippen molar-refractivity contribution in [3.05, 3.63) is 59.7 Å². The lowest BCUT2D eigenvalue weighted by atomic mass is 9.94. The van der Waals surface area contributed by atoms with Crippen molar-refractivity contribution in [2.75, 3.05) is 20.2 Å². The molecule has 136 valence electrons. The van der Waals surface area contributed by atoms with Crippen LogP contribution in [0, 0.1) is 5.82 Å². The fourth-order valence-corrected chi connectivity index (χ4v) is 3.28. The number of carbonyl (C=O) groups excluding carboxylic acids is 2. The van der Waals surface area contributed by atoms with Crippen molar-refractivity contribution in [2.24, 2.45) is 0 Å². The second kappa shape index (κ2) is 7.51. The third-order valence-corrected chi connectivity index (χ3v) is 4.54. The number of amides is 2. The standard InChI is InChI=1S/C19H20FN3O3/c1-12(24)22-18-11-23(19(25)15-7-8-21-9-17(15)20)10-16(18)13-3-5-14(26-2)6-4-13/h3-9,16,18H,10-11H2,1-2H3,(H,22,24)/t16-,18+/m0/s1. The molecule has 2 amide bonds. The van der Waals surface area contributed by atoms with E-state index in [2.05, 4.69) is 10.3 Å². The summed E-state index contributed by atoms with van der Waals surface area (Å²) in [5.74, 6) is -0.580. The Kier molecular flexibility index (Phi) is 5.16. The average molecular weight is 357 g/mol. The maximum Gasteiger partial charge on any atom is 0.257 e. The molecule has 26 heavy (non-hydrogen) atoms. The van der Waals surface area contributed by atoms with Crippen molar-refractivity contribution in [2.45, 2.75) is 18.9 Å². The Labute approximate surface area is 151 Å². The Morgan fingerprint density at radius 3 is 2.58 bits per heavy atom. The van der Waals surface area contributed by atoms with Gasteiger partial charge in [-0.3, -0.25) is 14.6 Å². The summed E-state index contributed by atoms with van der Waals surface area (Å²) in [6, 6.07) is 8.64. The number of carbonyl (C=O) groups is 2. The van der Waals surface area contributed by atoms with Crippen molar-refractivity contribution < 1.29 is 18.7 Å². The number of nitrogens with zero attached hydrogens (tertiary/aromatic N) is 2. The van der Waals surface area contributed by atoms with E-state index in [4.69, 9.17) is 4.74 Å². The molecule has 1 aromatic heterocycles. The van der Waals surface area contributed by atoms with E-state index in [1.54, 1.807) is 12.0 Å². The number of aromatic nitrogens is 1. The highest BCUT2D eigenvalue weighted by Crippen LogP contribution is 2.30. The van der Waals surface area contributed by atoms with Crippen LogP contribution in [0.25, 0.3) is 0 Å². The third-order valence-electron chi connectivity index (χ3n) is 4.54. The maximum absolute atomic E-state index is 13.9. The molecule has 7 heteroatoms. The van der Waals surface area contributed by atoms with Crippen molar-refractivity contribution >= 4 is 11.8 Å². The van der Waals surface area contributed by atoms with Crippen LogP contribution in [0.2, 0.25) is 0 Å². The molecular formula is C19H20FN3O3. The van der Waals surface area contributed by atoms with Gasteiger partial charge < -0.3 is 15.0 Å². The summed E-state index contributed by atoms with van der Waals surface area (Å²) in [6.07, 6.45) is 2.41. The van der Waals surface area contributed by atoms with Gasteiger partial charge in [-0.2, -0.15) is 0 Å². The summed E-state index contributed by atoms with van der Waals surface area (Å²) in [7, 11) is 1.59. The van der Waals surface area contributed by atoms with E-state index in [1.165, 1.54) is 19.2 Å². The predicted octanol–water partition coefficient (Wildman–Crippen LogP) is 1.97. The first-order valence-corrected chi connectivity index (χ1v) is 8.29. The van der Waals surface area contributed by atoms with Crippen LogP contribution < -0.4 is 10.1 Å². The highest BCUT2D eigenvalue weighted by atomic mass is 19.1. The SMILES string of the molecule is COc1ccc([C@@H]2CN(C(=O)c3ccncc3F)C[C@H]2NC(C)=O)cc1. The number of ether oxygens (including phenoxy) is 1. The number of halogens is 1. The zero-order valence-corrected chi connectivity index (χ0v) is 14.6. The molecule has 0 spiro atoms. The normalized spacial score (nSPS) is 19.3. The molecular weight excluding hydrogens is 337 g/mol. The van der Waals surface area contributed by atoms with Crippen molar-refractivity contribution in [1.29, 1.82) is 0 Å². The number of pyridine rings is 1. The van der Waals surface area contributed by atoms with Gasteiger partial charge in [-0.05, 0) is 23.8 Å². The van der Waals surface area contributed by atoms with Gasteiger partial charge in [0.05, 0.1) is 24.9 Å². The number of methoxy groups -OCH3 is 1. The Bertz CT molecular complexity index is 810. The molecule has 1 fully saturated rings. The Morgan fingerprint density at radius 2 is 1.96 bits per heavy atom. The van der Waals surface area contributed by atoms with Crippen LogP contribution in [-0.2, 0) is 4.79 Å². The van der Waals surface area contributed by atoms with Crippen LogP contribution in [-0.4, -0.2) is 47.9 Å². The molecule has 3 rings (SSSR count). The average Bonchev–Trinajstić information content (AvgIpc) is 3.04. The van der Waals surface area contributed by atoms with Crippen LogP contribution in [0.4, 0.5) is 4.39 Å². The molecule has 2 aromatic rings. The Hall–Kier alpha value is -2.96. The molecule has 2 heterocycles. The molecule has 1 aromatic carbocycles. The summed E-state index contributed by atoms with van der Waals surface area (Å²) in [6.45, 7) is 2.15. The van der Waals surface area contributed by atoms with Gasteiger partial charge in [-0.1, -0.05) is 12.1 Å². The highest BCUT2D eigenvalue weighted by molar-refractivity contribution is 5.94. The van der Waals surface area contributed by atoms with Crippen molar-refractivity contribution in [3.8, 4) is 5.75 Å². The van der Waals surface area contributed by atoms with Crippen LogP contribution in [0.3, 0.4) is 0 Å². The first kappa shape index (κ1) is 17.8. The first-order valence-electron chi connectivity index (χ1n) is 8.29. The lowest BCUT2D eigenvalue weighted by Crippen LogP contribution is -2.39. The molecule has 0 radical (unpaired) electrons. The number of benzene rings is 1. The largest absolute Gasteiger partial charge is 0.497 e. The molecule has 1 aliphatic rings. The monoisotopic (exact) mass is 357 g/mol. The Balaban J connectivity index is 1.85. The summed E-state index contributed by atoms with van der Waals surface area (Å²) >= 11 is 0. The number of rotatable bonds is 4. The van der Waals surface area contributed by atoms with Gasteiger partial charge in [-0.25, -0.2) is 4.39 Å². The Morgan fingerprint density at radius 1 is 1.23 bits per heavy atom. The minimum atomic E-state index is -0.651. The summed E-state index contributed by atoms with van der Waals surface area (Å²) in [5, 5.41) is 2.90. The number of likely N-dealkylation sites (tertiary alicyclic amines) is 1. The lowest BCUT2D eigenvalue weighted by molar-refractivity contribution is -0.119. The maximum atomic E-state index is 13.9. The third kappa shape index (κ3) is 3.66. The van der Waals surface area contributed by atoms with Crippen LogP contribution in [0.15, 0.2) is 42.7 Å². The molecule has 0 aliphatic carbocycles. The quantitative estimate of drug-likeness (QED) is 0.908. The molecule has 0 saturated carbocycles. The summed E-state index contributed by atoms with van der Waals surface area (Å²) in [4.78, 5) is 29.5. The predicted molar refractivity (Wildman–Crippen MR) is 93.4 cm³/mol. The highest BCUT2D eigenvalue weighted by Gasteiger charge is 2.37. The number of hydrogen-bond donors (Lipinski definition) is 1. The first-order chi connectivity index (χ1) is 12.5. The van der Waals surface area contributed by atoms with Gasteiger partial charge in [0.15, 0.2) is 5.82 Å². The van der Waals surface area contributed by atoms with E-state index in [-0.39, 0.29) is 23.4 Å². The van der Waals surface area contributed by atoms with E-state index in [0.717, 1.165) is 17.5 Å². The molecule has 1 N–H and O–H groups in total. The number of hydrogen-bond acceptors (Lipinski definition) is 4. The topological polar surface area (TPSA) is 71.5 Å². The van der Waals surface area contributed by atoms with Gasteiger partial charge >= 0.3 is 0 Å². The molecule has 1 aliphatic heterocycles. The van der Waals surface area contributed by atoms with E-state index in [9.17, 15) is 14.0 Å². The molecule has 0 unspecified atom stereocenters. The zero-order chi connectivity index (χ0) is 18.7. The van der Waals surface area contributed by atoms with E-state index >= 15 is 0 Å². The molecule has 1 saturated heterocycles. The van der Waals surface area contributed by atoms with Gasteiger partial charge in [0.1, 0.15) is 5.75 Å². The fourth-order valence-electron chi connectivity index (χ4n) is 3.28. The van der Waals surface area contributed by atoms with E-state index < -0.39 is 11.7 Å². The van der Waals surface area contributed by atoms with Crippen molar-refractivity contribution in [1.82, 2.24) is 15.2 Å². The van der Waals surface area contributed by atoms with Gasteiger partial charge in [0.25, 0.3) is 5.91 Å². The molecule has 0 bridgehead atoms. The summed E-state index contributed by atoms with van der Waals surface area (Å²) < 4.78 is 19.1. The van der Waals surface area contributed by atoms with Gasteiger partial charge in [-0.15, -0.1) is 0 Å². The van der Waals surface area contributed by atoms with Crippen LogP contribution in [0.5, 0.6) is 5.75 Å². The van der Waals surface area contributed by atoms with Crippen molar-refractivity contribution in [3.63, 3.8) is 0 Å². The minimum absolute atomic E-state index is 0.0167. The number of nitrogens with one attached hydrogen (secondary N) is 1. The van der Waals surface area contributed by atoms with E-state index in [0.29, 0.717) is 13.1 Å². The molecule has 6 nitrogen and oxygen atoms in total. The smallest absolute Gasteiger partial charge is 0.257 e.